The van der Waals surface area contributed by atoms with Crippen LogP contribution in [0.4, 0.5) is 13.2 Å². The van der Waals surface area contributed by atoms with Crippen molar-refractivity contribution in [2.45, 2.75) is 38.4 Å². The van der Waals surface area contributed by atoms with Crippen LogP contribution >= 0.6 is 0 Å². The standard InChI is InChI=1S/C21H20F3N2O2/c1-15(11-17-7-9-18(10-8-17)21(22,23)24)26-14-20(28-25-26)13-19(27)12-16-5-3-2-4-6-16/h2-10,14-15H,11-13H2,1H3/q+1. The number of carbonyl (C=O) groups is 1. The van der Waals surface area contributed by atoms with Crippen LogP contribution in [0.1, 0.15) is 35.4 Å². The summed E-state index contributed by atoms with van der Waals surface area (Å²) in [5, 5.41) is 3.94. The molecule has 0 aliphatic heterocycles. The Balaban J connectivity index is 1.57. The third kappa shape index (κ3) is 5.28. The molecule has 0 aliphatic carbocycles. The van der Waals surface area contributed by atoms with E-state index in [2.05, 4.69) is 5.27 Å². The molecule has 3 aromatic rings. The molecule has 1 unspecified atom stereocenters. The number of carbonyl (C=O) groups excluding carboxylic acids is 1. The normalized spacial score (nSPS) is 12.7. The van der Waals surface area contributed by atoms with Gasteiger partial charge in [0.05, 0.1) is 12.0 Å². The van der Waals surface area contributed by atoms with E-state index in [0.29, 0.717) is 18.6 Å². The number of alkyl halides is 3. The van der Waals surface area contributed by atoms with E-state index in [4.69, 9.17) is 4.52 Å². The van der Waals surface area contributed by atoms with E-state index in [0.717, 1.165) is 23.3 Å². The van der Waals surface area contributed by atoms with E-state index in [1.165, 1.54) is 12.1 Å². The van der Waals surface area contributed by atoms with E-state index >= 15 is 0 Å². The van der Waals surface area contributed by atoms with Crippen LogP contribution in [-0.4, -0.2) is 11.1 Å². The maximum atomic E-state index is 12.6. The number of halogens is 3. The third-order valence-electron chi connectivity index (χ3n) is 4.41. The summed E-state index contributed by atoms with van der Waals surface area (Å²) in [6, 6.07) is 14.4. The lowest BCUT2D eigenvalue weighted by Crippen LogP contribution is -2.40. The van der Waals surface area contributed by atoms with Gasteiger partial charge in [-0.1, -0.05) is 42.5 Å². The fraction of sp³-hybridized carbons (Fsp3) is 0.286. The van der Waals surface area contributed by atoms with Crippen molar-refractivity contribution < 1.29 is 27.2 Å². The van der Waals surface area contributed by atoms with Crippen molar-refractivity contribution in [2.24, 2.45) is 0 Å². The summed E-state index contributed by atoms with van der Waals surface area (Å²) in [7, 11) is 0. The Morgan fingerprint density at radius 2 is 1.71 bits per heavy atom. The van der Waals surface area contributed by atoms with Gasteiger partial charge in [0, 0.05) is 19.8 Å². The molecule has 0 radical (unpaired) electrons. The number of hydrogen-bond donors (Lipinski definition) is 0. The van der Waals surface area contributed by atoms with E-state index in [1.807, 2.05) is 37.3 Å². The molecule has 0 fully saturated rings. The fourth-order valence-electron chi connectivity index (χ4n) is 2.92. The number of rotatable bonds is 7. The van der Waals surface area contributed by atoms with Gasteiger partial charge < -0.3 is 4.52 Å². The third-order valence-corrected chi connectivity index (χ3v) is 4.41. The summed E-state index contributed by atoms with van der Waals surface area (Å²) in [4.78, 5) is 12.2. The maximum Gasteiger partial charge on any atom is 0.416 e. The van der Waals surface area contributed by atoms with Crippen LogP contribution in [0.25, 0.3) is 0 Å². The van der Waals surface area contributed by atoms with E-state index in [-0.39, 0.29) is 18.2 Å². The van der Waals surface area contributed by atoms with E-state index < -0.39 is 11.7 Å². The minimum atomic E-state index is -4.34. The van der Waals surface area contributed by atoms with Crippen molar-refractivity contribution in [1.29, 1.82) is 0 Å². The average Bonchev–Trinajstić information content (AvgIpc) is 3.10. The van der Waals surface area contributed by atoms with Crippen molar-refractivity contribution >= 4 is 5.78 Å². The summed E-state index contributed by atoms with van der Waals surface area (Å²) in [6.07, 6.45) is -1.72. The van der Waals surface area contributed by atoms with E-state index in [9.17, 15) is 18.0 Å². The summed E-state index contributed by atoms with van der Waals surface area (Å²) in [6.45, 7) is 1.88. The predicted molar refractivity (Wildman–Crippen MR) is 95.4 cm³/mol. The molecule has 0 N–H and O–H groups in total. The first kappa shape index (κ1) is 19.8. The monoisotopic (exact) mass is 389 g/mol. The molecule has 4 nitrogen and oxygen atoms in total. The summed E-state index contributed by atoms with van der Waals surface area (Å²) in [5.41, 5.74) is 1.03. The van der Waals surface area contributed by atoms with Gasteiger partial charge >= 0.3 is 6.18 Å². The highest BCUT2D eigenvalue weighted by atomic mass is 19.4. The number of aromatic nitrogens is 2. The Morgan fingerprint density at radius 3 is 2.36 bits per heavy atom. The quantitative estimate of drug-likeness (QED) is 0.571. The molecule has 0 saturated heterocycles. The highest BCUT2D eigenvalue weighted by Gasteiger charge is 2.30. The van der Waals surface area contributed by atoms with Crippen LogP contribution < -0.4 is 4.68 Å². The lowest BCUT2D eigenvalue weighted by molar-refractivity contribution is -0.782. The molecule has 3 rings (SSSR count). The summed E-state index contributed by atoms with van der Waals surface area (Å²) >= 11 is 0. The Morgan fingerprint density at radius 1 is 1.04 bits per heavy atom. The fourth-order valence-corrected chi connectivity index (χ4v) is 2.92. The Labute approximate surface area is 160 Å². The molecule has 0 bridgehead atoms. The summed E-state index contributed by atoms with van der Waals surface area (Å²) < 4.78 is 44.7. The number of ketones is 1. The van der Waals surface area contributed by atoms with Gasteiger partial charge in [0.15, 0.2) is 11.3 Å². The van der Waals surface area contributed by atoms with Gasteiger partial charge in [-0.15, -0.1) is 0 Å². The lowest BCUT2D eigenvalue weighted by Gasteiger charge is -2.08. The number of Topliss-reactive ketones (excluding diaryl/α,β-unsaturated/α-hetero) is 1. The van der Waals surface area contributed by atoms with Crippen LogP contribution in [0.5, 0.6) is 0 Å². The topological polar surface area (TPSA) is 47.0 Å². The second kappa shape index (κ2) is 8.37. The molecular formula is C21H20F3N2O2+. The van der Waals surface area contributed by atoms with Gasteiger partial charge in [-0.3, -0.25) is 4.79 Å². The number of benzene rings is 2. The molecule has 0 amide bonds. The Bertz CT molecular complexity index is 919. The van der Waals surface area contributed by atoms with Gasteiger partial charge in [-0.05, 0) is 27.9 Å². The smallest absolute Gasteiger partial charge is 0.305 e. The molecule has 7 heteroatoms. The Kier molecular flexibility index (Phi) is 5.92. The lowest BCUT2D eigenvalue weighted by atomic mass is 10.0. The van der Waals surface area contributed by atoms with Crippen LogP contribution in [0, 0.1) is 0 Å². The van der Waals surface area contributed by atoms with Crippen molar-refractivity contribution in [1.82, 2.24) is 5.27 Å². The highest BCUT2D eigenvalue weighted by Crippen LogP contribution is 2.29. The van der Waals surface area contributed by atoms with Crippen LogP contribution in [-0.2, 0) is 30.2 Å². The van der Waals surface area contributed by atoms with Crippen LogP contribution in [0.15, 0.2) is 65.3 Å². The van der Waals surface area contributed by atoms with Gasteiger partial charge in [0.25, 0.3) is 0 Å². The van der Waals surface area contributed by atoms with Crippen molar-refractivity contribution in [3.8, 4) is 0 Å². The molecule has 1 aromatic heterocycles. The SMILES string of the molecule is CC(Cc1ccc(C(F)(F)F)cc1)[n+]1cc(CC(=O)Cc2ccccc2)on1. The predicted octanol–water partition coefficient (Wildman–Crippen LogP) is 4.14. The first-order valence-corrected chi connectivity index (χ1v) is 8.90. The second-order valence-corrected chi connectivity index (χ2v) is 6.77. The van der Waals surface area contributed by atoms with E-state index in [1.54, 1.807) is 10.9 Å². The molecule has 1 atom stereocenters. The minimum Gasteiger partial charge on any atom is -0.305 e. The van der Waals surface area contributed by atoms with Crippen molar-refractivity contribution in [2.75, 3.05) is 0 Å². The molecule has 0 saturated carbocycles. The molecule has 146 valence electrons. The maximum absolute atomic E-state index is 12.6. The minimum absolute atomic E-state index is 0.0184. The van der Waals surface area contributed by atoms with Gasteiger partial charge in [0.2, 0.25) is 12.0 Å². The molecule has 0 spiro atoms. The zero-order valence-electron chi connectivity index (χ0n) is 15.3. The van der Waals surface area contributed by atoms with Crippen molar-refractivity contribution in [3.63, 3.8) is 0 Å². The Hall–Kier alpha value is -2.96. The molecule has 2 aromatic carbocycles. The van der Waals surface area contributed by atoms with Crippen LogP contribution in [0.2, 0.25) is 0 Å². The molecular weight excluding hydrogens is 369 g/mol. The largest absolute Gasteiger partial charge is 0.416 e. The van der Waals surface area contributed by atoms with Crippen molar-refractivity contribution in [3.05, 3.63) is 83.2 Å². The second-order valence-electron chi connectivity index (χ2n) is 6.77. The van der Waals surface area contributed by atoms with Gasteiger partial charge in [-0.2, -0.15) is 13.2 Å². The molecule has 28 heavy (non-hydrogen) atoms. The van der Waals surface area contributed by atoms with Crippen LogP contribution in [0.3, 0.4) is 0 Å². The first-order valence-electron chi connectivity index (χ1n) is 8.90. The molecule has 0 aliphatic rings. The first-order chi connectivity index (χ1) is 13.3. The zero-order valence-corrected chi connectivity index (χ0v) is 15.3. The highest BCUT2D eigenvalue weighted by molar-refractivity contribution is 5.82. The van der Waals surface area contributed by atoms with Gasteiger partial charge in [-0.25, -0.2) is 0 Å². The number of nitrogens with zero attached hydrogens (tertiary/aromatic N) is 2. The zero-order chi connectivity index (χ0) is 20.1. The number of hydrogen-bond acceptors (Lipinski definition) is 3. The average molecular weight is 389 g/mol. The van der Waals surface area contributed by atoms with Gasteiger partial charge in [0.1, 0.15) is 5.78 Å². The summed E-state index contributed by atoms with van der Waals surface area (Å²) in [5.74, 6) is 0.477. The molecule has 1 heterocycles.